The fourth-order valence-corrected chi connectivity index (χ4v) is 3.12. The van der Waals surface area contributed by atoms with Crippen LogP contribution in [0.1, 0.15) is 23.0 Å². The van der Waals surface area contributed by atoms with Gasteiger partial charge in [-0.3, -0.25) is 4.79 Å². The van der Waals surface area contributed by atoms with Crippen LogP contribution in [0.25, 0.3) is 11.0 Å². The topological polar surface area (TPSA) is 110 Å². The Labute approximate surface area is 149 Å². The Morgan fingerprint density at radius 3 is 2.81 bits per heavy atom. The molecule has 1 amide bonds. The van der Waals surface area contributed by atoms with Crippen LogP contribution in [0, 0.1) is 0 Å². The molecule has 1 aromatic carbocycles. The lowest BCUT2D eigenvalue weighted by Crippen LogP contribution is -2.24. The zero-order valence-corrected chi connectivity index (χ0v) is 13.8. The molecule has 1 aliphatic rings. The molecule has 0 radical (unpaired) electrons. The molecule has 1 aliphatic heterocycles. The largest absolute Gasteiger partial charge is 0.394 e. The van der Waals surface area contributed by atoms with Crippen molar-refractivity contribution in [3.63, 3.8) is 0 Å². The van der Waals surface area contributed by atoms with Crippen molar-refractivity contribution >= 4 is 22.8 Å². The van der Waals surface area contributed by atoms with Crippen molar-refractivity contribution in [3.8, 4) is 0 Å². The lowest BCUT2D eigenvalue weighted by Gasteiger charge is -2.14. The highest BCUT2D eigenvalue weighted by Crippen LogP contribution is 2.32. The SMILES string of the molecule is O=C(Nc1ncnc2c1ccn2[C@H]1C[C@H](O)[C@@H](CO)O1)c1ccccc1. The maximum Gasteiger partial charge on any atom is 0.256 e. The normalized spacial score (nSPS) is 22.6. The molecule has 2 aromatic heterocycles. The summed E-state index contributed by atoms with van der Waals surface area (Å²) in [6.07, 6.45) is 1.71. The van der Waals surface area contributed by atoms with E-state index in [9.17, 15) is 15.0 Å². The third kappa shape index (κ3) is 2.94. The number of rotatable bonds is 4. The number of nitrogens with zero attached hydrogens (tertiary/aromatic N) is 3. The molecule has 0 bridgehead atoms. The molecular weight excluding hydrogens is 336 g/mol. The molecule has 8 heteroatoms. The molecule has 3 aromatic rings. The molecule has 0 unspecified atom stereocenters. The van der Waals surface area contributed by atoms with Gasteiger partial charge < -0.3 is 24.8 Å². The monoisotopic (exact) mass is 354 g/mol. The van der Waals surface area contributed by atoms with Crippen molar-refractivity contribution in [1.29, 1.82) is 0 Å². The van der Waals surface area contributed by atoms with Crippen LogP contribution < -0.4 is 5.32 Å². The maximum absolute atomic E-state index is 12.4. The van der Waals surface area contributed by atoms with E-state index in [1.54, 1.807) is 41.1 Å². The van der Waals surface area contributed by atoms with Gasteiger partial charge in [-0.25, -0.2) is 9.97 Å². The van der Waals surface area contributed by atoms with E-state index < -0.39 is 18.4 Å². The zero-order valence-electron chi connectivity index (χ0n) is 13.8. The second kappa shape index (κ2) is 6.83. The van der Waals surface area contributed by atoms with Gasteiger partial charge in [-0.15, -0.1) is 0 Å². The number of carbonyl (C=O) groups is 1. The minimum absolute atomic E-state index is 0.246. The summed E-state index contributed by atoms with van der Waals surface area (Å²) in [5.41, 5.74) is 1.12. The summed E-state index contributed by atoms with van der Waals surface area (Å²) in [6.45, 7) is -0.246. The van der Waals surface area contributed by atoms with E-state index in [0.29, 0.717) is 28.8 Å². The lowest BCUT2D eigenvalue weighted by molar-refractivity contribution is -0.0430. The summed E-state index contributed by atoms with van der Waals surface area (Å²) in [4.78, 5) is 20.8. The number of anilines is 1. The quantitative estimate of drug-likeness (QED) is 0.652. The average molecular weight is 354 g/mol. The van der Waals surface area contributed by atoms with Crippen LogP contribution in [0.5, 0.6) is 0 Å². The number of aliphatic hydroxyl groups is 2. The third-order valence-corrected chi connectivity index (χ3v) is 4.47. The van der Waals surface area contributed by atoms with E-state index in [2.05, 4.69) is 15.3 Å². The van der Waals surface area contributed by atoms with E-state index in [1.807, 2.05) is 6.07 Å². The summed E-state index contributed by atoms with van der Waals surface area (Å²) in [5.74, 6) is 0.145. The molecule has 0 spiro atoms. The highest BCUT2D eigenvalue weighted by molar-refractivity contribution is 6.07. The number of hydrogen-bond acceptors (Lipinski definition) is 6. The van der Waals surface area contributed by atoms with Crippen LogP contribution in [0.2, 0.25) is 0 Å². The molecule has 3 N–H and O–H groups in total. The van der Waals surface area contributed by atoms with E-state index in [-0.39, 0.29) is 12.5 Å². The molecule has 0 aliphatic carbocycles. The van der Waals surface area contributed by atoms with Crippen molar-refractivity contribution in [3.05, 3.63) is 54.5 Å². The van der Waals surface area contributed by atoms with Gasteiger partial charge in [0, 0.05) is 18.2 Å². The Balaban J connectivity index is 1.63. The third-order valence-electron chi connectivity index (χ3n) is 4.47. The van der Waals surface area contributed by atoms with E-state index in [0.717, 1.165) is 0 Å². The van der Waals surface area contributed by atoms with Gasteiger partial charge in [-0.05, 0) is 18.2 Å². The predicted octanol–water partition coefficient (Wildman–Crippen LogP) is 1.32. The Kier molecular flexibility index (Phi) is 4.37. The van der Waals surface area contributed by atoms with Gasteiger partial charge in [0.1, 0.15) is 30.1 Å². The van der Waals surface area contributed by atoms with E-state index in [4.69, 9.17) is 4.74 Å². The number of amides is 1. The van der Waals surface area contributed by atoms with Gasteiger partial charge in [0.25, 0.3) is 5.91 Å². The van der Waals surface area contributed by atoms with Crippen molar-refractivity contribution < 1.29 is 19.7 Å². The first kappa shape index (κ1) is 16.6. The van der Waals surface area contributed by atoms with Gasteiger partial charge >= 0.3 is 0 Å². The van der Waals surface area contributed by atoms with Gasteiger partial charge in [-0.2, -0.15) is 0 Å². The molecule has 3 heterocycles. The van der Waals surface area contributed by atoms with Crippen LogP contribution in [0.15, 0.2) is 48.9 Å². The summed E-state index contributed by atoms with van der Waals surface area (Å²) < 4.78 is 7.45. The van der Waals surface area contributed by atoms with Gasteiger partial charge in [0.05, 0.1) is 18.1 Å². The molecule has 0 saturated carbocycles. The average Bonchev–Trinajstić information content (AvgIpc) is 3.26. The minimum atomic E-state index is -0.735. The Bertz CT molecular complexity index is 927. The van der Waals surface area contributed by atoms with Crippen molar-refractivity contribution in [1.82, 2.24) is 14.5 Å². The number of aromatic nitrogens is 3. The van der Waals surface area contributed by atoms with Crippen molar-refractivity contribution in [2.45, 2.75) is 24.9 Å². The Hall–Kier alpha value is -2.81. The van der Waals surface area contributed by atoms with Crippen LogP contribution in [-0.2, 0) is 4.74 Å². The molecule has 134 valence electrons. The lowest BCUT2D eigenvalue weighted by atomic mass is 10.2. The van der Waals surface area contributed by atoms with Crippen molar-refractivity contribution in [2.24, 2.45) is 0 Å². The molecule has 4 rings (SSSR count). The molecule has 1 fully saturated rings. The van der Waals surface area contributed by atoms with Crippen LogP contribution >= 0.6 is 0 Å². The smallest absolute Gasteiger partial charge is 0.256 e. The Morgan fingerprint density at radius 2 is 2.08 bits per heavy atom. The number of ether oxygens (including phenoxy) is 1. The Morgan fingerprint density at radius 1 is 1.27 bits per heavy atom. The molecule has 1 saturated heterocycles. The van der Waals surface area contributed by atoms with Crippen LogP contribution in [0.4, 0.5) is 5.82 Å². The van der Waals surface area contributed by atoms with Crippen molar-refractivity contribution in [2.75, 3.05) is 11.9 Å². The maximum atomic E-state index is 12.4. The number of carbonyl (C=O) groups excluding carboxylic acids is 1. The molecule has 8 nitrogen and oxygen atoms in total. The standard InChI is InChI=1S/C18H18N4O4/c23-9-14-13(24)8-15(26-14)22-7-6-12-16(19-10-20-17(12)22)21-18(25)11-4-2-1-3-5-11/h1-7,10,13-15,23-24H,8-9H2,(H,19,20,21,25)/t13-,14+,15+/m0/s1. The highest BCUT2D eigenvalue weighted by Gasteiger charge is 2.35. The number of fused-ring (bicyclic) bond motifs is 1. The molecular formula is C18H18N4O4. The first-order valence-electron chi connectivity index (χ1n) is 8.29. The van der Waals surface area contributed by atoms with E-state index >= 15 is 0 Å². The van der Waals surface area contributed by atoms with E-state index in [1.165, 1.54) is 6.33 Å². The van der Waals surface area contributed by atoms with Crippen LogP contribution in [0.3, 0.4) is 0 Å². The summed E-state index contributed by atoms with van der Waals surface area (Å²) >= 11 is 0. The van der Waals surface area contributed by atoms with Gasteiger partial charge in [-0.1, -0.05) is 18.2 Å². The molecule has 3 atom stereocenters. The fraction of sp³-hybridized carbons (Fsp3) is 0.278. The predicted molar refractivity (Wildman–Crippen MR) is 93.5 cm³/mol. The first-order valence-corrected chi connectivity index (χ1v) is 8.29. The first-order chi connectivity index (χ1) is 12.7. The second-order valence-electron chi connectivity index (χ2n) is 6.12. The number of nitrogens with one attached hydrogen (secondary N) is 1. The van der Waals surface area contributed by atoms with Gasteiger partial charge in [0.15, 0.2) is 0 Å². The summed E-state index contributed by atoms with van der Waals surface area (Å²) in [7, 11) is 0. The number of aliphatic hydroxyl groups excluding tert-OH is 2. The minimum Gasteiger partial charge on any atom is -0.394 e. The zero-order chi connectivity index (χ0) is 18.1. The van der Waals surface area contributed by atoms with Crippen LogP contribution in [-0.4, -0.2) is 49.5 Å². The number of hydrogen-bond donors (Lipinski definition) is 3. The van der Waals surface area contributed by atoms with Gasteiger partial charge in [0.2, 0.25) is 0 Å². The second-order valence-corrected chi connectivity index (χ2v) is 6.12. The fourth-order valence-electron chi connectivity index (χ4n) is 3.12. The molecule has 26 heavy (non-hydrogen) atoms. The summed E-state index contributed by atoms with van der Waals surface area (Å²) in [6, 6.07) is 10.7. The summed E-state index contributed by atoms with van der Waals surface area (Å²) in [5, 5.41) is 22.7. The number of benzene rings is 1. The highest BCUT2D eigenvalue weighted by atomic mass is 16.5.